The zero-order valence-corrected chi connectivity index (χ0v) is 11.9. The highest BCUT2D eigenvalue weighted by atomic mass is 79.9. The molecule has 0 aliphatic heterocycles. The van der Waals surface area contributed by atoms with Crippen LogP contribution in [-0.2, 0) is 16.6 Å². The highest BCUT2D eigenvalue weighted by molar-refractivity contribution is 9.10. The summed E-state index contributed by atoms with van der Waals surface area (Å²) in [5.41, 5.74) is 0.539. The first-order valence-corrected chi connectivity index (χ1v) is 7.46. The van der Waals surface area contributed by atoms with Gasteiger partial charge in [0.2, 0.25) is 10.0 Å². The summed E-state index contributed by atoms with van der Waals surface area (Å²) < 4.78 is 39.5. The van der Waals surface area contributed by atoms with Gasteiger partial charge in [-0.3, -0.25) is 0 Å². The number of benzene rings is 1. The molecule has 0 amide bonds. The van der Waals surface area contributed by atoms with Crippen LogP contribution in [0.3, 0.4) is 0 Å². The topological polar surface area (TPSA) is 72.0 Å². The predicted molar refractivity (Wildman–Crippen MR) is 70.2 cm³/mol. The molecule has 0 radical (unpaired) electrons. The van der Waals surface area contributed by atoms with Crippen molar-refractivity contribution in [3.05, 3.63) is 52.8 Å². The molecule has 0 unspecified atom stereocenters. The van der Waals surface area contributed by atoms with Crippen molar-refractivity contribution < 1.29 is 12.8 Å². The molecule has 0 atom stereocenters. The lowest BCUT2D eigenvalue weighted by Gasteiger charge is -2.08. The summed E-state index contributed by atoms with van der Waals surface area (Å²) in [4.78, 5) is 7.61. The maximum absolute atomic E-state index is 12.9. The third-order valence-corrected chi connectivity index (χ3v) is 4.65. The summed E-state index contributed by atoms with van der Waals surface area (Å²) in [6.45, 7) is 0.0364. The van der Waals surface area contributed by atoms with E-state index in [1.54, 1.807) is 6.07 Å². The minimum absolute atomic E-state index is 0.0250. The Morgan fingerprint density at radius 2 is 2.11 bits per heavy atom. The van der Waals surface area contributed by atoms with Gasteiger partial charge in [0.05, 0.1) is 17.1 Å². The van der Waals surface area contributed by atoms with Gasteiger partial charge in [-0.1, -0.05) is 0 Å². The van der Waals surface area contributed by atoms with E-state index in [2.05, 4.69) is 30.6 Å². The lowest BCUT2D eigenvalue weighted by molar-refractivity contribution is 0.578. The molecule has 1 heterocycles. The molecule has 2 aromatic rings. The van der Waals surface area contributed by atoms with Crippen LogP contribution in [0.1, 0.15) is 5.69 Å². The van der Waals surface area contributed by atoms with E-state index in [4.69, 9.17) is 0 Å². The fourth-order valence-electron chi connectivity index (χ4n) is 1.36. The maximum Gasteiger partial charge on any atom is 0.242 e. The van der Waals surface area contributed by atoms with Gasteiger partial charge in [0.1, 0.15) is 12.1 Å². The Balaban J connectivity index is 2.19. The summed E-state index contributed by atoms with van der Waals surface area (Å²) in [6, 6.07) is 4.98. The molecule has 0 aliphatic rings. The van der Waals surface area contributed by atoms with Crippen molar-refractivity contribution in [3.63, 3.8) is 0 Å². The van der Waals surface area contributed by atoms with Gasteiger partial charge in [-0.2, -0.15) is 0 Å². The Morgan fingerprint density at radius 3 is 2.74 bits per heavy atom. The van der Waals surface area contributed by atoms with E-state index in [1.165, 1.54) is 18.6 Å². The maximum atomic E-state index is 12.9. The number of nitrogens with zero attached hydrogens (tertiary/aromatic N) is 2. The van der Waals surface area contributed by atoms with Crippen molar-refractivity contribution >= 4 is 26.0 Å². The normalized spacial score (nSPS) is 11.5. The van der Waals surface area contributed by atoms with Gasteiger partial charge in [0, 0.05) is 10.7 Å². The van der Waals surface area contributed by atoms with Crippen LogP contribution in [0.15, 0.2) is 46.2 Å². The summed E-state index contributed by atoms with van der Waals surface area (Å²) in [6.07, 6.45) is 2.85. The molecule has 0 fully saturated rings. The third kappa shape index (κ3) is 3.55. The molecule has 0 saturated heterocycles. The molecule has 2 rings (SSSR count). The first-order chi connectivity index (χ1) is 8.99. The van der Waals surface area contributed by atoms with E-state index in [1.807, 2.05) is 0 Å². The second kappa shape index (κ2) is 5.72. The number of hydrogen-bond acceptors (Lipinski definition) is 4. The molecule has 19 heavy (non-hydrogen) atoms. The van der Waals surface area contributed by atoms with E-state index in [0.29, 0.717) is 5.69 Å². The molecule has 0 spiro atoms. The number of aromatic nitrogens is 2. The van der Waals surface area contributed by atoms with Crippen LogP contribution >= 0.6 is 15.9 Å². The fourth-order valence-corrected chi connectivity index (χ4v) is 3.41. The Bertz CT molecular complexity index is 680. The molecule has 0 bridgehead atoms. The van der Waals surface area contributed by atoms with Crippen LogP contribution in [0.2, 0.25) is 0 Å². The minimum Gasteiger partial charge on any atom is -0.245 e. The SMILES string of the molecule is O=S(=O)(NCc1ccncn1)c1ccc(F)cc1Br. The molecule has 8 heteroatoms. The van der Waals surface area contributed by atoms with E-state index in [9.17, 15) is 12.8 Å². The Kier molecular flexibility index (Phi) is 4.23. The van der Waals surface area contributed by atoms with Crippen molar-refractivity contribution in [2.45, 2.75) is 11.4 Å². The highest BCUT2D eigenvalue weighted by Crippen LogP contribution is 2.22. The average Bonchev–Trinajstić information content (AvgIpc) is 2.37. The summed E-state index contributed by atoms with van der Waals surface area (Å²) in [5.74, 6) is -0.512. The molecule has 1 aromatic carbocycles. The summed E-state index contributed by atoms with van der Waals surface area (Å²) in [7, 11) is -3.73. The van der Waals surface area contributed by atoms with E-state index in [-0.39, 0.29) is 15.9 Å². The second-order valence-corrected chi connectivity index (χ2v) is 6.19. The van der Waals surface area contributed by atoms with E-state index >= 15 is 0 Å². The molecular weight excluding hydrogens is 337 g/mol. The lowest BCUT2D eigenvalue weighted by atomic mass is 10.3. The number of rotatable bonds is 4. The van der Waals surface area contributed by atoms with E-state index in [0.717, 1.165) is 12.1 Å². The standard InChI is InChI=1S/C11H9BrFN3O2S/c12-10-5-8(13)1-2-11(10)19(17,18)16-6-9-3-4-14-7-15-9/h1-5,7,16H,6H2. The predicted octanol–water partition coefficient (Wildman–Crippen LogP) is 1.86. The fraction of sp³-hybridized carbons (Fsp3) is 0.0909. The van der Waals surface area contributed by atoms with Crippen molar-refractivity contribution in [2.75, 3.05) is 0 Å². The second-order valence-electron chi connectivity index (χ2n) is 3.60. The zero-order chi connectivity index (χ0) is 13.9. The van der Waals surface area contributed by atoms with Crippen LogP contribution in [0.5, 0.6) is 0 Å². The van der Waals surface area contributed by atoms with Gasteiger partial charge in [-0.05, 0) is 40.2 Å². The molecule has 5 nitrogen and oxygen atoms in total. The number of halogens is 2. The van der Waals surface area contributed by atoms with Crippen LogP contribution in [0.25, 0.3) is 0 Å². The average molecular weight is 346 g/mol. The summed E-state index contributed by atoms with van der Waals surface area (Å²) in [5, 5.41) is 0. The molecule has 0 aliphatic carbocycles. The van der Waals surface area contributed by atoms with Gasteiger partial charge in [-0.25, -0.2) is 27.5 Å². The summed E-state index contributed by atoms with van der Waals surface area (Å²) >= 11 is 3.02. The van der Waals surface area contributed by atoms with Crippen LogP contribution in [0.4, 0.5) is 4.39 Å². The zero-order valence-electron chi connectivity index (χ0n) is 9.55. The largest absolute Gasteiger partial charge is 0.245 e. The van der Waals surface area contributed by atoms with Crippen molar-refractivity contribution in [1.29, 1.82) is 0 Å². The van der Waals surface area contributed by atoms with Gasteiger partial charge < -0.3 is 0 Å². The molecule has 1 aromatic heterocycles. The van der Waals surface area contributed by atoms with Crippen LogP contribution < -0.4 is 4.72 Å². The minimum atomic E-state index is -3.73. The third-order valence-electron chi connectivity index (χ3n) is 2.27. The van der Waals surface area contributed by atoms with Gasteiger partial charge in [-0.15, -0.1) is 0 Å². The van der Waals surface area contributed by atoms with Crippen molar-refractivity contribution in [2.24, 2.45) is 0 Å². The monoisotopic (exact) mass is 345 g/mol. The van der Waals surface area contributed by atoms with Gasteiger partial charge in [0.15, 0.2) is 0 Å². The number of nitrogens with one attached hydrogen (secondary N) is 1. The van der Waals surface area contributed by atoms with Crippen molar-refractivity contribution in [1.82, 2.24) is 14.7 Å². The van der Waals surface area contributed by atoms with Gasteiger partial charge >= 0.3 is 0 Å². The van der Waals surface area contributed by atoms with E-state index < -0.39 is 15.8 Å². The highest BCUT2D eigenvalue weighted by Gasteiger charge is 2.17. The molecule has 100 valence electrons. The molecule has 0 saturated carbocycles. The number of sulfonamides is 1. The molecular formula is C11H9BrFN3O2S. The van der Waals surface area contributed by atoms with Crippen LogP contribution in [-0.4, -0.2) is 18.4 Å². The lowest BCUT2D eigenvalue weighted by Crippen LogP contribution is -2.24. The Labute approximate surface area is 118 Å². The number of hydrogen-bond donors (Lipinski definition) is 1. The quantitative estimate of drug-likeness (QED) is 0.917. The van der Waals surface area contributed by atoms with Crippen molar-refractivity contribution in [3.8, 4) is 0 Å². The smallest absolute Gasteiger partial charge is 0.242 e. The van der Waals surface area contributed by atoms with Crippen LogP contribution in [0, 0.1) is 5.82 Å². The Morgan fingerprint density at radius 1 is 1.32 bits per heavy atom. The Hall–Kier alpha value is -1.38. The van der Waals surface area contributed by atoms with Gasteiger partial charge in [0.25, 0.3) is 0 Å². The first-order valence-electron chi connectivity index (χ1n) is 5.18. The first kappa shape index (κ1) is 14.0. The molecule has 1 N–H and O–H groups in total.